The lowest BCUT2D eigenvalue weighted by molar-refractivity contribution is 0.0679. The standard InChI is InChI=1S/C26H18N4O6/c31-23-19-10-3-1-8-17(19)21(25(33)34)27-29(23)13-15-6-5-7-16(12-15)14-30-24(32)20-11-4-2-9-18(20)22(28-30)26(35)36/h1-12H,13-14H2,(H,33,34)(H,35,36). The van der Waals surface area contributed by atoms with Gasteiger partial charge in [0.15, 0.2) is 11.4 Å². The first kappa shape index (κ1) is 22.7. The second kappa shape index (κ2) is 8.91. The Balaban J connectivity index is 1.53. The molecule has 0 aliphatic carbocycles. The summed E-state index contributed by atoms with van der Waals surface area (Å²) in [6, 6.07) is 19.7. The van der Waals surface area contributed by atoms with Gasteiger partial charge in [0.25, 0.3) is 11.1 Å². The van der Waals surface area contributed by atoms with E-state index in [1.54, 1.807) is 60.7 Å². The summed E-state index contributed by atoms with van der Waals surface area (Å²) >= 11 is 0. The highest BCUT2D eigenvalue weighted by Gasteiger charge is 2.17. The van der Waals surface area contributed by atoms with Gasteiger partial charge >= 0.3 is 11.9 Å². The average molecular weight is 482 g/mol. The molecule has 10 heteroatoms. The summed E-state index contributed by atoms with van der Waals surface area (Å²) < 4.78 is 2.18. The summed E-state index contributed by atoms with van der Waals surface area (Å²) in [6.45, 7) is -0.00355. The van der Waals surface area contributed by atoms with Crippen LogP contribution in [-0.2, 0) is 13.1 Å². The number of nitrogens with zero attached hydrogens (tertiary/aromatic N) is 4. The molecule has 0 fully saturated rings. The van der Waals surface area contributed by atoms with Gasteiger partial charge in [-0.3, -0.25) is 9.59 Å². The second-order valence-corrected chi connectivity index (χ2v) is 8.14. The molecule has 5 rings (SSSR count). The number of fused-ring (bicyclic) bond motifs is 2. The highest BCUT2D eigenvalue weighted by molar-refractivity contribution is 6.01. The minimum Gasteiger partial charge on any atom is -0.476 e. The lowest BCUT2D eigenvalue weighted by Gasteiger charge is -2.11. The van der Waals surface area contributed by atoms with Gasteiger partial charge in [-0.25, -0.2) is 19.0 Å². The van der Waals surface area contributed by atoms with Gasteiger partial charge < -0.3 is 10.2 Å². The monoisotopic (exact) mass is 482 g/mol. The van der Waals surface area contributed by atoms with Crippen LogP contribution in [0.5, 0.6) is 0 Å². The predicted molar refractivity (Wildman–Crippen MR) is 131 cm³/mol. The molecule has 2 heterocycles. The van der Waals surface area contributed by atoms with Crippen LogP contribution < -0.4 is 11.1 Å². The third-order valence-electron chi connectivity index (χ3n) is 5.80. The quantitative estimate of drug-likeness (QED) is 0.376. The van der Waals surface area contributed by atoms with Gasteiger partial charge in [-0.2, -0.15) is 10.2 Å². The molecule has 10 nitrogen and oxygen atoms in total. The van der Waals surface area contributed by atoms with E-state index in [-0.39, 0.29) is 46.0 Å². The molecule has 0 unspecified atom stereocenters. The van der Waals surface area contributed by atoms with Crippen molar-refractivity contribution >= 4 is 33.5 Å². The molecule has 5 aromatic rings. The SMILES string of the molecule is O=C(O)c1nn(Cc2cccc(Cn3nc(C(=O)O)c4ccccc4c3=O)c2)c(=O)c2ccccc12. The molecule has 0 saturated carbocycles. The molecule has 3 aromatic carbocycles. The maximum Gasteiger partial charge on any atom is 0.357 e. The van der Waals surface area contributed by atoms with Crippen molar-refractivity contribution in [3.05, 3.63) is 116 Å². The van der Waals surface area contributed by atoms with Gasteiger partial charge in [0.2, 0.25) is 0 Å². The Kier molecular flexibility index (Phi) is 5.61. The highest BCUT2D eigenvalue weighted by atomic mass is 16.4. The number of benzene rings is 3. The summed E-state index contributed by atoms with van der Waals surface area (Å²) in [4.78, 5) is 49.4. The fourth-order valence-electron chi connectivity index (χ4n) is 4.17. The maximum absolute atomic E-state index is 13.0. The molecule has 0 radical (unpaired) electrons. The van der Waals surface area contributed by atoms with Crippen LogP contribution in [0.2, 0.25) is 0 Å². The van der Waals surface area contributed by atoms with Crippen LogP contribution in [0, 0.1) is 0 Å². The summed E-state index contributed by atoms with van der Waals surface area (Å²) in [6.07, 6.45) is 0. The van der Waals surface area contributed by atoms with Crippen molar-refractivity contribution in [2.75, 3.05) is 0 Å². The number of carbonyl (C=O) groups is 2. The van der Waals surface area contributed by atoms with Crippen molar-refractivity contribution in [3.8, 4) is 0 Å². The van der Waals surface area contributed by atoms with Gasteiger partial charge in [-0.05, 0) is 23.3 Å². The van der Waals surface area contributed by atoms with E-state index in [1.165, 1.54) is 12.1 Å². The highest BCUT2D eigenvalue weighted by Crippen LogP contribution is 2.16. The van der Waals surface area contributed by atoms with E-state index in [9.17, 15) is 29.4 Å². The summed E-state index contributed by atoms with van der Waals surface area (Å²) in [5.41, 5.74) is -0.0370. The number of carboxylic acids is 2. The second-order valence-electron chi connectivity index (χ2n) is 8.14. The van der Waals surface area contributed by atoms with Crippen LogP contribution in [0.25, 0.3) is 21.5 Å². The zero-order valence-corrected chi connectivity index (χ0v) is 18.7. The fourth-order valence-corrected chi connectivity index (χ4v) is 4.17. The summed E-state index contributed by atoms with van der Waals surface area (Å²) in [5, 5.41) is 28.3. The number of hydrogen-bond donors (Lipinski definition) is 2. The van der Waals surface area contributed by atoms with Gasteiger partial charge in [-0.1, -0.05) is 60.7 Å². The lowest BCUT2D eigenvalue weighted by atomic mass is 10.1. The lowest BCUT2D eigenvalue weighted by Crippen LogP contribution is -2.27. The summed E-state index contributed by atoms with van der Waals surface area (Å²) in [5.74, 6) is -2.49. The Morgan fingerprint density at radius 2 is 1.00 bits per heavy atom. The number of aromatic nitrogens is 4. The van der Waals surface area contributed by atoms with Gasteiger partial charge in [0.05, 0.1) is 23.9 Å². The van der Waals surface area contributed by atoms with E-state index in [1.807, 2.05) is 0 Å². The molecular formula is C26H18N4O6. The minimum absolute atomic E-state index is 0.00177. The molecule has 2 N–H and O–H groups in total. The van der Waals surface area contributed by atoms with Crippen molar-refractivity contribution in [1.29, 1.82) is 0 Å². The zero-order chi connectivity index (χ0) is 25.4. The Hall–Kier alpha value is -5.12. The van der Waals surface area contributed by atoms with Gasteiger partial charge in [0, 0.05) is 10.8 Å². The molecule has 2 aromatic heterocycles. The molecule has 0 aliphatic heterocycles. The van der Waals surface area contributed by atoms with Crippen LogP contribution in [0.3, 0.4) is 0 Å². The largest absolute Gasteiger partial charge is 0.476 e. The van der Waals surface area contributed by atoms with Crippen molar-refractivity contribution < 1.29 is 19.8 Å². The van der Waals surface area contributed by atoms with E-state index in [4.69, 9.17) is 0 Å². The first-order valence-corrected chi connectivity index (χ1v) is 10.9. The molecule has 0 amide bonds. The van der Waals surface area contributed by atoms with E-state index in [2.05, 4.69) is 10.2 Å². The Labute approximate surface area is 202 Å². The first-order valence-electron chi connectivity index (χ1n) is 10.9. The van der Waals surface area contributed by atoms with Gasteiger partial charge in [0.1, 0.15) is 0 Å². The molecule has 178 valence electrons. The normalized spacial score (nSPS) is 11.1. The van der Waals surface area contributed by atoms with Crippen LogP contribution in [0.4, 0.5) is 0 Å². The number of hydrogen-bond acceptors (Lipinski definition) is 6. The molecule has 0 spiro atoms. The van der Waals surface area contributed by atoms with Crippen LogP contribution >= 0.6 is 0 Å². The number of rotatable bonds is 6. The predicted octanol–water partition coefficient (Wildman–Crippen LogP) is 2.60. The smallest absolute Gasteiger partial charge is 0.357 e. The summed E-state index contributed by atoms with van der Waals surface area (Å²) in [7, 11) is 0. The molecule has 36 heavy (non-hydrogen) atoms. The van der Waals surface area contributed by atoms with Crippen molar-refractivity contribution in [3.63, 3.8) is 0 Å². The first-order chi connectivity index (χ1) is 17.3. The van der Waals surface area contributed by atoms with Crippen LogP contribution in [0.15, 0.2) is 82.4 Å². The van der Waals surface area contributed by atoms with Crippen molar-refractivity contribution in [1.82, 2.24) is 19.6 Å². The topological polar surface area (TPSA) is 144 Å². The Bertz CT molecular complexity index is 1680. The molecule has 0 aliphatic rings. The molecule has 0 bridgehead atoms. The number of aromatic carboxylic acids is 2. The molecular weight excluding hydrogens is 464 g/mol. The van der Waals surface area contributed by atoms with E-state index >= 15 is 0 Å². The Morgan fingerprint density at radius 1 is 0.611 bits per heavy atom. The Morgan fingerprint density at radius 3 is 1.39 bits per heavy atom. The average Bonchev–Trinajstić information content (AvgIpc) is 2.87. The third-order valence-corrected chi connectivity index (χ3v) is 5.80. The minimum atomic E-state index is -1.25. The van der Waals surface area contributed by atoms with E-state index in [0.29, 0.717) is 11.1 Å². The van der Waals surface area contributed by atoms with E-state index in [0.717, 1.165) is 9.36 Å². The third kappa shape index (κ3) is 4.00. The fraction of sp³-hybridized carbons (Fsp3) is 0.0769. The van der Waals surface area contributed by atoms with Crippen molar-refractivity contribution in [2.45, 2.75) is 13.1 Å². The maximum atomic E-state index is 13.0. The van der Waals surface area contributed by atoms with Gasteiger partial charge in [-0.15, -0.1) is 0 Å². The number of carboxylic acid groups (broad SMARTS) is 2. The molecule has 0 atom stereocenters. The zero-order valence-electron chi connectivity index (χ0n) is 18.7. The van der Waals surface area contributed by atoms with Crippen LogP contribution in [-0.4, -0.2) is 41.7 Å². The van der Waals surface area contributed by atoms with Crippen molar-refractivity contribution in [2.24, 2.45) is 0 Å². The van der Waals surface area contributed by atoms with Crippen LogP contribution in [0.1, 0.15) is 32.1 Å². The molecule has 0 saturated heterocycles. The van der Waals surface area contributed by atoms with E-state index < -0.39 is 23.1 Å².